The fourth-order valence-electron chi connectivity index (χ4n) is 3.49. The highest BCUT2D eigenvalue weighted by molar-refractivity contribution is 5.84. The lowest BCUT2D eigenvalue weighted by Gasteiger charge is -2.60. The van der Waals surface area contributed by atoms with Crippen LogP contribution in [0.15, 0.2) is 4.99 Å². The SMILES string of the molecule is C[C@]1(O)[C@@H]2OC(=O)[C@@H](O)[C@@]3(C[C@@H]1O)NC(N)=N[C@H](O)[C@@H]23. The molecule has 1 saturated heterocycles. The molecule has 2 bridgehead atoms. The number of nitrogens with two attached hydrogens (primary N) is 1. The molecule has 7 N–H and O–H groups in total. The Balaban J connectivity index is 2.16. The number of aliphatic hydroxyl groups excluding tert-OH is 3. The molecule has 2 heterocycles. The number of carbonyl (C=O) groups excluding carboxylic acids is 1. The molecule has 9 nitrogen and oxygen atoms in total. The minimum atomic E-state index is -1.76. The van der Waals surface area contributed by atoms with E-state index in [1.54, 1.807) is 0 Å². The number of guanidine groups is 1. The van der Waals surface area contributed by atoms with E-state index in [0.29, 0.717) is 0 Å². The predicted octanol–water partition coefficient (Wildman–Crippen LogP) is -3.62. The lowest BCUT2D eigenvalue weighted by atomic mass is 9.59. The highest BCUT2D eigenvalue weighted by atomic mass is 16.6. The van der Waals surface area contributed by atoms with Crippen LogP contribution in [0.5, 0.6) is 0 Å². The second kappa shape index (κ2) is 3.82. The molecule has 2 aliphatic heterocycles. The van der Waals surface area contributed by atoms with E-state index in [4.69, 9.17) is 10.5 Å². The smallest absolute Gasteiger partial charge is 0.337 e. The summed E-state index contributed by atoms with van der Waals surface area (Å²) in [5, 5.41) is 43.4. The van der Waals surface area contributed by atoms with Crippen LogP contribution in [0.4, 0.5) is 0 Å². The van der Waals surface area contributed by atoms with Gasteiger partial charge in [-0.1, -0.05) is 0 Å². The van der Waals surface area contributed by atoms with Gasteiger partial charge in [0, 0.05) is 6.42 Å². The summed E-state index contributed by atoms with van der Waals surface area (Å²) in [5.41, 5.74) is 2.39. The standard InChI is InChI=1S/C11H17N3O6/c1-10(19)3(15)2-11-4(7(17)13-9(12)14-11)6(10)20-8(18)5(11)16/h3-7,15-17,19H,2H2,1H3,(H3,12,13,14)/t3-,4+,5+,6+,7+,10+,11-/m0/s1. The molecule has 0 aromatic heterocycles. The molecule has 112 valence electrons. The zero-order valence-electron chi connectivity index (χ0n) is 10.7. The molecule has 2 fully saturated rings. The Labute approximate surface area is 114 Å². The van der Waals surface area contributed by atoms with Crippen molar-refractivity contribution in [3.63, 3.8) is 0 Å². The van der Waals surface area contributed by atoms with Crippen LogP contribution in [0.3, 0.4) is 0 Å². The Kier molecular flexibility index (Phi) is 2.59. The van der Waals surface area contributed by atoms with Gasteiger partial charge in [-0.2, -0.15) is 0 Å². The summed E-state index contributed by atoms with van der Waals surface area (Å²) in [4.78, 5) is 15.5. The van der Waals surface area contributed by atoms with Gasteiger partial charge in [-0.05, 0) is 6.92 Å². The third kappa shape index (κ3) is 1.46. The maximum atomic E-state index is 11.8. The predicted molar refractivity (Wildman–Crippen MR) is 64.1 cm³/mol. The van der Waals surface area contributed by atoms with Gasteiger partial charge in [-0.25, -0.2) is 9.79 Å². The van der Waals surface area contributed by atoms with Gasteiger partial charge >= 0.3 is 5.97 Å². The van der Waals surface area contributed by atoms with E-state index in [1.165, 1.54) is 6.92 Å². The molecule has 3 aliphatic rings. The van der Waals surface area contributed by atoms with Crippen molar-refractivity contribution in [2.24, 2.45) is 16.6 Å². The van der Waals surface area contributed by atoms with Gasteiger partial charge in [-0.15, -0.1) is 0 Å². The van der Waals surface area contributed by atoms with Crippen molar-refractivity contribution in [2.45, 2.75) is 49.0 Å². The molecule has 3 rings (SSSR count). The molecule has 1 saturated carbocycles. The average Bonchev–Trinajstić information content (AvgIpc) is 2.32. The minimum Gasteiger partial charge on any atom is -0.457 e. The Hall–Kier alpha value is -1.42. The number of hydrogen-bond acceptors (Lipinski definition) is 9. The number of nitrogens with zero attached hydrogens (tertiary/aromatic N) is 1. The first-order valence-electron chi connectivity index (χ1n) is 6.28. The number of aliphatic imine (C=N–C) groups is 1. The molecule has 0 amide bonds. The van der Waals surface area contributed by atoms with Crippen molar-refractivity contribution >= 4 is 11.9 Å². The molecule has 9 heteroatoms. The summed E-state index contributed by atoms with van der Waals surface area (Å²) in [7, 11) is 0. The van der Waals surface area contributed by atoms with Gasteiger partial charge in [0.05, 0.1) is 17.6 Å². The average molecular weight is 287 g/mol. The van der Waals surface area contributed by atoms with E-state index in [9.17, 15) is 25.2 Å². The second-order valence-electron chi connectivity index (χ2n) is 5.82. The van der Waals surface area contributed by atoms with Gasteiger partial charge in [0.25, 0.3) is 0 Å². The van der Waals surface area contributed by atoms with E-state index in [-0.39, 0.29) is 12.4 Å². The first-order valence-corrected chi connectivity index (χ1v) is 6.28. The number of ether oxygens (including phenoxy) is 1. The van der Waals surface area contributed by atoms with E-state index in [0.717, 1.165) is 0 Å². The van der Waals surface area contributed by atoms with Crippen LogP contribution < -0.4 is 11.1 Å². The van der Waals surface area contributed by atoms with Crippen LogP contribution in [0.2, 0.25) is 0 Å². The van der Waals surface area contributed by atoms with Crippen molar-refractivity contribution in [1.29, 1.82) is 0 Å². The van der Waals surface area contributed by atoms with Crippen LogP contribution in [-0.4, -0.2) is 68.0 Å². The molecule has 0 aromatic carbocycles. The van der Waals surface area contributed by atoms with Gasteiger partial charge in [0.2, 0.25) is 0 Å². The lowest BCUT2D eigenvalue weighted by Crippen LogP contribution is -2.82. The highest BCUT2D eigenvalue weighted by Crippen LogP contribution is 2.49. The summed E-state index contributed by atoms with van der Waals surface area (Å²) in [6.07, 6.45) is -5.63. The quantitative estimate of drug-likeness (QED) is 0.249. The third-order valence-corrected chi connectivity index (χ3v) is 4.61. The summed E-state index contributed by atoms with van der Waals surface area (Å²) in [6, 6.07) is 0. The Morgan fingerprint density at radius 3 is 2.75 bits per heavy atom. The van der Waals surface area contributed by atoms with E-state index in [1.807, 2.05) is 0 Å². The van der Waals surface area contributed by atoms with Crippen molar-refractivity contribution in [3.8, 4) is 0 Å². The molecule has 20 heavy (non-hydrogen) atoms. The van der Waals surface area contributed by atoms with E-state index >= 15 is 0 Å². The molecular weight excluding hydrogens is 270 g/mol. The normalized spacial score (nSPS) is 54.4. The third-order valence-electron chi connectivity index (χ3n) is 4.61. The number of hydrogen-bond donors (Lipinski definition) is 6. The van der Waals surface area contributed by atoms with E-state index in [2.05, 4.69) is 10.3 Å². The Morgan fingerprint density at radius 1 is 1.45 bits per heavy atom. The van der Waals surface area contributed by atoms with Crippen LogP contribution in [0.1, 0.15) is 13.3 Å². The number of carbonyl (C=O) groups is 1. The molecule has 0 radical (unpaired) electrons. The van der Waals surface area contributed by atoms with Crippen molar-refractivity contribution in [2.75, 3.05) is 0 Å². The molecular formula is C11H17N3O6. The maximum Gasteiger partial charge on any atom is 0.337 e. The van der Waals surface area contributed by atoms with Crippen LogP contribution in [0.25, 0.3) is 0 Å². The largest absolute Gasteiger partial charge is 0.457 e. The second-order valence-corrected chi connectivity index (χ2v) is 5.82. The molecule has 0 unspecified atom stereocenters. The molecule has 0 spiro atoms. The zero-order chi connectivity index (χ0) is 14.9. The molecule has 1 aliphatic carbocycles. The van der Waals surface area contributed by atoms with Gasteiger partial charge < -0.3 is 36.2 Å². The topological polar surface area (TPSA) is 158 Å². The number of esters is 1. The van der Waals surface area contributed by atoms with Crippen molar-refractivity contribution in [1.82, 2.24) is 5.32 Å². The van der Waals surface area contributed by atoms with Crippen LogP contribution in [0, 0.1) is 5.92 Å². The fourth-order valence-corrected chi connectivity index (χ4v) is 3.49. The Bertz CT molecular complexity index is 495. The van der Waals surface area contributed by atoms with E-state index < -0.39 is 47.6 Å². The summed E-state index contributed by atoms with van der Waals surface area (Å²) in [5.74, 6) is -2.00. The number of nitrogens with one attached hydrogen (secondary N) is 1. The zero-order valence-corrected chi connectivity index (χ0v) is 10.7. The number of rotatable bonds is 0. The monoisotopic (exact) mass is 287 g/mol. The maximum absolute atomic E-state index is 11.8. The fraction of sp³-hybridized carbons (Fsp3) is 0.818. The van der Waals surface area contributed by atoms with Crippen molar-refractivity contribution < 1.29 is 30.0 Å². The number of aliphatic hydroxyl groups is 4. The first kappa shape index (κ1) is 13.6. The molecule has 0 aromatic rings. The molecule has 7 atom stereocenters. The summed E-state index contributed by atoms with van der Waals surface area (Å²) < 4.78 is 5.02. The van der Waals surface area contributed by atoms with Gasteiger partial charge in [0.15, 0.2) is 18.3 Å². The van der Waals surface area contributed by atoms with Crippen molar-refractivity contribution in [3.05, 3.63) is 0 Å². The Morgan fingerprint density at radius 2 is 2.10 bits per heavy atom. The van der Waals surface area contributed by atoms with Gasteiger partial charge in [0.1, 0.15) is 11.7 Å². The minimum absolute atomic E-state index is 0.144. The van der Waals surface area contributed by atoms with Crippen LogP contribution in [-0.2, 0) is 9.53 Å². The van der Waals surface area contributed by atoms with Crippen LogP contribution >= 0.6 is 0 Å². The lowest BCUT2D eigenvalue weighted by molar-refractivity contribution is -0.269. The highest BCUT2D eigenvalue weighted by Gasteiger charge is 2.70. The summed E-state index contributed by atoms with van der Waals surface area (Å²) >= 11 is 0. The van der Waals surface area contributed by atoms with Gasteiger partial charge in [-0.3, -0.25) is 0 Å². The first-order chi connectivity index (χ1) is 9.20. The summed E-state index contributed by atoms with van der Waals surface area (Å²) in [6.45, 7) is 1.31.